The third-order valence-corrected chi connectivity index (χ3v) is 3.14. The first kappa shape index (κ1) is 14.2. The van der Waals surface area contributed by atoms with Crippen molar-refractivity contribution < 1.29 is 23.8 Å². The molecule has 0 radical (unpaired) electrons. The molecule has 0 aliphatic heterocycles. The quantitative estimate of drug-likeness (QED) is 0.714. The van der Waals surface area contributed by atoms with Crippen LogP contribution < -0.4 is 14.6 Å². The Morgan fingerprint density at radius 3 is 2.70 bits per heavy atom. The summed E-state index contributed by atoms with van der Waals surface area (Å²) in [7, 11) is 3.06. The second-order valence-electron chi connectivity index (χ2n) is 3.60. The first-order valence-corrected chi connectivity index (χ1v) is 6.51. The van der Waals surface area contributed by atoms with Crippen LogP contribution in [0.1, 0.15) is 0 Å². The van der Waals surface area contributed by atoms with E-state index in [0.29, 0.717) is 17.1 Å². The van der Waals surface area contributed by atoms with E-state index in [1.165, 1.54) is 7.11 Å². The van der Waals surface area contributed by atoms with E-state index in [1.807, 2.05) is 0 Å². The molecule has 0 unspecified atom stereocenters. The normalized spacial score (nSPS) is 10.3. The van der Waals surface area contributed by atoms with Crippen LogP contribution in [0.5, 0.6) is 11.5 Å². The van der Waals surface area contributed by atoms with Gasteiger partial charge in [0, 0.05) is 11.3 Å². The topological polar surface area (TPSA) is 97.5 Å². The molecule has 0 spiro atoms. The highest BCUT2D eigenvalue weighted by molar-refractivity contribution is 7.99. The second kappa shape index (κ2) is 6.29. The monoisotopic (exact) mass is 295 g/mol. The fraction of sp³-hybridized carbons (Fsp3) is 0.250. The van der Waals surface area contributed by atoms with Gasteiger partial charge in [0.2, 0.25) is 5.89 Å². The molecule has 8 heteroatoms. The van der Waals surface area contributed by atoms with Crippen LogP contribution in [0.2, 0.25) is 0 Å². The number of hydrogen-bond donors (Lipinski definition) is 0. The molecule has 0 aliphatic rings. The number of carbonyl (C=O) groups excluding carboxylic acids is 1. The van der Waals surface area contributed by atoms with Crippen LogP contribution in [0.4, 0.5) is 0 Å². The van der Waals surface area contributed by atoms with E-state index < -0.39 is 5.97 Å². The van der Waals surface area contributed by atoms with E-state index in [0.717, 1.165) is 11.8 Å². The zero-order chi connectivity index (χ0) is 14.5. The maximum absolute atomic E-state index is 10.4. The van der Waals surface area contributed by atoms with Crippen molar-refractivity contribution in [2.24, 2.45) is 0 Å². The van der Waals surface area contributed by atoms with E-state index in [9.17, 15) is 9.90 Å². The highest BCUT2D eigenvalue weighted by Crippen LogP contribution is 2.32. The summed E-state index contributed by atoms with van der Waals surface area (Å²) in [5.74, 6) is -0.0461. The summed E-state index contributed by atoms with van der Waals surface area (Å²) < 4.78 is 15.7. The molecule has 106 valence electrons. The van der Waals surface area contributed by atoms with Crippen molar-refractivity contribution >= 4 is 17.7 Å². The van der Waals surface area contributed by atoms with Gasteiger partial charge >= 0.3 is 0 Å². The molecule has 0 saturated heterocycles. The molecule has 7 nitrogen and oxygen atoms in total. The molecule has 1 aromatic heterocycles. The molecule has 0 atom stereocenters. The lowest BCUT2D eigenvalue weighted by atomic mass is 10.2. The van der Waals surface area contributed by atoms with Crippen LogP contribution in [0.15, 0.2) is 27.8 Å². The fourth-order valence-corrected chi connectivity index (χ4v) is 1.95. The van der Waals surface area contributed by atoms with Gasteiger partial charge in [-0.05, 0) is 18.2 Å². The Hall–Kier alpha value is -2.22. The van der Waals surface area contributed by atoms with E-state index in [1.54, 1.807) is 25.3 Å². The SMILES string of the molecule is COc1ccc(-c2nnc(SCC(=O)[O-])o2)cc1OC. The lowest BCUT2D eigenvalue weighted by molar-refractivity contribution is -0.301. The number of rotatable bonds is 6. The fourth-order valence-electron chi connectivity index (χ4n) is 1.47. The minimum atomic E-state index is -1.19. The van der Waals surface area contributed by atoms with Gasteiger partial charge in [0.05, 0.1) is 20.2 Å². The Kier molecular flexibility index (Phi) is 4.46. The average molecular weight is 295 g/mol. The minimum absolute atomic E-state index is 0.166. The van der Waals surface area contributed by atoms with Crippen molar-refractivity contribution in [3.8, 4) is 23.0 Å². The van der Waals surface area contributed by atoms with Gasteiger partial charge in [0.25, 0.3) is 5.22 Å². The molecule has 0 saturated carbocycles. The Bertz CT molecular complexity index is 614. The molecule has 0 N–H and O–H groups in total. The number of aromatic nitrogens is 2. The molecule has 2 aromatic rings. The summed E-state index contributed by atoms with van der Waals surface area (Å²) in [5.41, 5.74) is 0.649. The molecule has 2 rings (SSSR count). The molecule has 0 fully saturated rings. The molecular weight excluding hydrogens is 284 g/mol. The first-order valence-electron chi connectivity index (χ1n) is 5.52. The van der Waals surface area contributed by atoms with Crippen LogP contribution in [-0.2, 0) is 4.79 Å². The van der Waals surface area contributed by atoms with E-state index in [-0.39, 0.29) is 16.9 Å². The maximum atomic E-state index is 10.4. The number of aliphatic carboxylic acids is 1. The molecular formula is C12H11N2O5S-. The molecule has 0 amide bonds. The summed E-state index contributed by atoms with van der Waals surface area (Å²) in [4.78, 5) is 10.4. The average Bonchev–Trinajstić information content (AvgIpc) is 2.93. The van der Waals surface area contributed by atoms with Gasteiger partial charge in [-0.1, -0.05) is 11.8 Å². The van der Waals surface area contributed by atoms with Crippen LogP contribution in [0.25, 0.3) is 11.5 Å². The molecule has 0 bridgehead atoms. The smallest absolute Gasteiger partial charge is 0.277 e. The van der Waals surface area contributed by atoms with Crippen LogP contribution in [0.3, 0.4) is 0 Å². The van der Waals surface area contributed by atoms with Crippen molar-refractivity contribution in [3.05, 3.63) is 18.2 Å². The molecule has 20 heavy (non-hydrogen) atoms. The standard InChI is InChI=1S/C12H12N2O5S/c1-17-8-4-3-7(5-9(8)18-2)11-13-14-12(19-11)20-6-10(15)16/h3-5H,6H2,1-2H3,(H,15,16)/p-1. The number of benzene rings is 1. The van der Waals surface area contributed by atoms with Gasteiger partial charge in [0.1, 0.15) is 0 Å². The van der Waals surface area contributed by atoms with Gasteiger partial charge in [-0.25, -0.2) is 0 Å². The number of nitrogens with zero attached hydrogens (tertiary/aromatic N) is 2. The third-order valence-electron chi connectivity index (χ3n) is 2.35. The highest BCUT2D eigenvalue weighted by atomic mass is 32.2. The number of methoxy groups -OCH3 is 2. The lowest BCUT2D eigenvalue weighted by Crippen LogP contribution is -2.24. The zero-order valence-corrected chi connectivity index (χ0v) is 11.6. The van der Waals surface area contributed by atoms with E-state index in [2.05, 4.69) is 10.2 Å². The third kappa shape index (κ3) is 3.21. The summed E-state index contributed by atoms with van der Waals surface area (Å²) in [6.45, 7) is 0. The Morgan fingerprint density at radius 2 is 2.05 bits per heavy atom. The number of carbonyl (C=O) groups is 1. The van der Waals surface area contributed by atoms with Crippen molar-refractivity contribution in [2.75, 3.05) is 20.0 Å². The van der Waals surface area contributed by atoms with Crippen molar-refractivity contribution in [3.63, 3.8) is 0 Å². The van der Waals surface area contributed by atoms with Gasteiger partial charge in [0.15, 0.2) is 11.5 Å². The van der Waals surface area contributed by atoms with E-state index in [4.69, 9.17) is 13.9 Å². The van der Waals surface area contributed by atoms with Crippen molar-refractivity contribution in [1.82, 2.24) is 10.2 Å². The maximum Gasteiger partial charge on any atom is 0.277 e. The molecule has 0 aliphatic carbocycles. The van der Waals surface area contributed by atoms with Crippen LogP contribution in [0, 0.1) is 0 Å². The predicted molar refractivity (Wildman–Crippen MR) is 68.6 cm³/mol. The molecule has 1 aromatic carbocycles. The Morgan fingerprint density at radius 1 is 1.30 bits per heavy atom. The summed E-state index contributed by atoms with van der Waals surface area (Å²) in [5, 5.41) is 18.1. The summed E-state index contributed by atoms with van der Waals surface area (Å²) >= 11 is 0.903. The van der Waals surface area contributed by atoms with Gasteiger partial charge in [-0.15, -0.1) is 10.2 Å². The van der Waals surface area contributed by atoms with E-state index >= 15 is 0 Å². The van der Waals surface area contributed by atoms with Crippen LogP contribution >= 0.6 is 11.8 Å². The number of hydrogen-bond acceptors (Lipinski definition) is 8. The largest absolute Gasteiger partial charge is 0.549 e. The second-order valence-corrected chi connectivity index (χ2v) is 4.53. The van der Waals surface area contributed by atoms with Crippen molar-refractivity contribution in [2.45, 2.75) is 5.22 Å². The number of carboxylic acids is 1. The zero-order valence-electron chi connectivity index (χ0n) is 10.8. The lowest BCUT2D eigenvalue weighted by Gasteiger charge is -2.07. The minimum Gasteiger partial charge on any atom is -0.549 e. The van der Waals surface area contributed by atoms with Crippen molar-refractivity contribution in [1.29, 1.82) is 0 Å². The number of thioether (sulfide) groups is 1. The number of ether oxygens (including phenoxy) is 2. The van der Waals surface area contributed by atoms with Gasteiger partial charge in [-0.2, -0.15) is 0 Å². The summed E-state index contributed by atoms with van der Waals surface area (Å²) in [6.07, 6.45) is 0. The van der Waals surface area contributed by atoms with Gasteiger partial charge in [-0.3, -0.25) is 0 Å². The predicted octanol–water partition coefficient (Wildman–Crippen LogP) is 0.596. The Balaban J connectivity index is 2.21. The number of carboxylic acid groups (broad SMARTS) is 1. The first-order chi connectivity index (χ1) is 9.63. The highest BCUT2D eigenvalue weighted by Gasteiger charge is 2.12. The Labute approximate surface area is 118 Å². The van der Waals surface area contributed by atoms with Crippen LogP contribution in [-0.4, -0.2) is 36.1 Å². The molecule has 1 heterocycles. The summed E-state index contributed by atoms with van der Waals surface area (Å²) in [6, 6.07) is 5.15. The van der Waals surface area contributed by atoms with Gasteiger partial charge < -0.3 is 23.8 Å².